The quantitative estimate of drug-likeness (QED) is 0.220. The topological polar surface area (TPSA) is 110 Å². The number of nitrogens with zero attached hydrogens (tertiary/aromatic N) is 2. The zero-order chi connectivity index (χ0) is 23.5. The van der Waals surface area contributed by atoms with Gasteiger partial charge in [0.1, 0.15) is 12.3 Å². The molecule has 0 unspecified atom stereocenters. The number of aromatic amines is 1. The number of hydrogen-bond donors (Lipinski definition) is 2. The van der Waals surface area contributed by atoms with Crippen molar-refractivity contribution in [2.75, 3.05) is 13.2 Å². The van der Waals surface area contributed by atoms with Gasteiger partial charge in [-0.05, 0) is 40.3 Å². The highest BCUT2D eigenvalue weighted by Crippen LogP contribution is 2.44. The van der Waals surface area contributed by atoms with Gasteiger partial charge in [-0.1, -0.05) is 60.7 Å². The number of pyridine rings is 1. The molecule has 0 spiro atoms. The number of hydrogen-bond acceptors (Lipinski definition) is 5. The third kappa shape index (κ3) is 4.13. The van der Waals surface area contributed by atoms with E-state index in [4.69, 9.17) is 4.74 Å². The van der Waals surface area contributed by atoms with E-state index >= 15 is 0 Å². The Morgan fingerprint density at radius 1 is 1.15 bits per heavy atom. The van der Waals surface area contributed by atoms with Crippen molar-refractivity contribution >= 4 is 28.9 Å². The van der Waals surface area contributed by atoms with Crippen LogP contribution >= 0.6 is 0 Å². The normalized spacial score (nSPS) is 12.6. The molecule has 0 atom stereocenters. The summed E-state index contributed by atoms with van der Waals surface area (Å²) in [6.45, 7) is 0.685. The van der Waals surface area contributed by atoms with Gasteiger partial charge in [0, 0.05) is 18.7 Å². The Hall–Kier alpha value is -4.46. The zero-order valence-electron chi connectivity index (χ0n) is 18.2. The van der Waals surface area contributed by atoms with Crippen molar-refractivity contribution in [1.82, 2.24) is 15.3 Å². The van der Waals surface area contributed by atoms with Crippen LogP contribution in [0.5, 0.6) is 0 Å². The molecule has 0 saturated heterocycles. The van der Waals surface area contributed by atoms with Crippen LogP contribution in [0.1, 0.15) is 29.0 Å². The van der Waals surface area contributed by atoms with Crippen LogP contribution < -0.4 is 5.32 Å². The molecule has 8 nitrogen and oxygen atoms in total. The van der Waals surface area contributed by atoms with Crippen molar-refractivity contribution in [3.05, 3.63) is 99.9 Å². The number of carbonyl (C=O) groups is 1. The first-order valence-electron chi connectivity index (χ1n) is 11.0. The summed E-state index contributed by atoms with van der Waals surface area (Å²) in [7, 11) is 0. The van der Waals surface area contributed by atoms with Gasteiger partial charge < -0.3 is 15.0 Å². The number of amides is 1. The van der Waals surface area contributed by atoms with E-state index in [0.29, 0.717) is 24.0 Å². The van der Waals surface area contributed by atoms with Gasteiger partial charge in [0.05, 0.1) is 16.5 Å². The Labute approximate surface area is 195 Å². The van der Waals surface area contributed by atoms with Crippen LogP contribution in [0.25, 0.3) is 28.2 Å². The highest BCUT2D eigenvalue weighted by Gasteiger charge is 2.28. The molecule has 0 saturated carbocycles. The second-order valence-corrected chi connectivity index (χ2v) is 8.04. The maximum atomic E-state index is 12.2. The van der Waals surface area contributed by atoms with Gasteiger partial charge in [-0.15, -0.1) is 0 Å². The van der Waals surface area contributed by atoms with Gasteiger partial charge >= 0.3 is 6.09 Å². The number of rotatable bonds is 7. The molecule has 5 rings (SSSR count). The van der Waals surface area contributed by atoms with Crippen LogP contribution in [-0.2, 0) is 4.74 Å². The van der Waals surface area contributed by atoms with Crippen molar-refractivity contribution in [2.24, 2.45) is 0 Å². The lowest BCUT2D eigenvalue weighted by Crippen LogP contribution is -2.26. The standard InChI is InChI=1S/C26H22N4O4/c31-26(34-16-23-20-10-3-1-8-18(20)19-9-2-4-11-21(19)23)27-12-6-5-7-17-13-22-24(30(32)33)15-29-25(22)28-14-17/h1-5,7-11,13-15,23H,6,12,16H2,(H,27,31)(H,28,29). The van der Waals surface area contributed by atoms with E-state index in [1.165, 1.54) is 28.5 Å². The van der Waals surface area contributed by atoms with Gasteiger partial charge in [0.2, 0.25) is 0 Å². The van der Waals surface area contributed by atoms with E-state index in [-0.39, 0.29) is 18.2 Å². The monoisotopic (exact) mass is 454 g/mol. The van der Waals surface area contributed by atoms with Crippen LogP contribution in [0.3, 0.4) is 0 Å². The van der Waals surface area contributed by atoms with Crippen molar-refractivity contribution < 1.29 is 14.5 Å². The Morgan fingerprint density at radius 2 is 1.85 bits per heavy atom. The molecule has 2 heterocycles. The number of ether oxygens (including phenoxy) is 1. The predicted octanol–water partition coefficient (Wildman–Crippen LogP) is 5.41. The van der Waals surface area contributed by atoms with Crippen LogP contribution in [0.2, 0.25) is 0 Å². The van der Waals surface area contributed by atoms with Crippen molar-refractivity contribution in [2.45, 2.75) is 12.3 Å². The van der Waals surface area contributed by atoms with Gasteiger partial charge in [-0.25, -0.2) is 9.78 Å². The SMILES string of the molecule is O=C(NCCC=Cc1cnc2[nH]cc([N+](=O)[O-])c2c1)OCC1c2ccccc2-c2ccccc21. The number of nitro groups is 1. The number of fused-ring (bicyclic) bond motifs is 4. The maximum Gasteiger partial charge on any atom is 0.407 e. The molecule has 2 aromatic carbocycles. The fourth-order valence-electron chi connectivity index (χ4n) is 4.37. The highest BCUT2D eigenvalue weighted by molar-refractivity contribution is 5.87. The fraction of sp³-hybridized carbons (Fsp3) is 0.154. The minimum Gasteiger partial charge on any atom is -0.449 e. The van der Waals surface area contributed by atoms with Gasteiger partial charge in [-0.2, -0.15) is 0 Å². The second-order valence-electron chi connectivity index (χ2n) is 8.04. The van der Waals surface area contributed by atoms with Gasteiger partial charge in [0.15, 0.2) is 0 Å². The second kappa shape index (κ2) is 9.19. The number of nitrogens with one attached hydrogen (secondary N) is 2. The number of carbonyl (C=O) groups excluding carboxylic acids is 1. The molecule has 2 aromatic heterocycles. The summed E-state index contributed by atoms with van der Waals surface area (Å²) in [6.07, 6.45) is 6.80. The summed E-state index contributed by atoms with van der Waals surface area (Å²) in [5.74, 6) is 0.0259. The summed E-state index contributed by atoms with van der Waals surface area (Å²) in [5.41, 5.74) is 5.94. The fourth-order valence-corrected chi connectivity index (χ4v) is 4.37. The molecular formula is C26H22N4O4. The molecule has 0 aliphatic heterocycles. The molecule has 1 aliphatic rings. The van der Waals surface area contributed by atoms with E-state index < -0.39 is 11.0 Å². The minimum absolute atomic E-state index is 0.00493. The van der Waals surface area contributed by atoms with Crippen molar-refractivity contribution in [3.8, 4) is 11.1 Å². The molecule has 4 aromatic rings. The largest absolute Gasteiger partial charge is 0.449 e. The maximum absolute atomic E-state index is 12.2. The molecular weight excluding hydrogens is 432 g/mol. The number of aromatic nitrogens is 2. The number of H-pyrrole nitrogens is 1. The summed E-state index contributed by atoms with van der Waals surface area (Å²) < 4.78 is 5.53. The van der Waals surface area contributed by atoms with E-state index in [0.717, 1.165) is 5.56 Å². The molecule has 2 N–H and O–H groups in total. The number of benzene rings is 2. The van der Waals surface area contributed by atoms with Crippen LogP contribution in [-0.4, -0.2) is 34.1 Å². The Bertz CT molecular complexity index is 1360. The molecule has 0 bridgehead atoms. The molecule has 0 radical (unpaired) electrons. The highest BCUT2D eigenvalue weighted by atomic mass is 16.6. The van der Waals surface area contributed by atoms with Crippen molar-refractivity contribution in [1.29, 1.82) is 0 Å². The third-order valence-corrected chi connectivity index (χ3v) is 5.96. The summed E-state index contributed by atoms with van der Waals surface area (Å²) in [6, 6.07) is 18.1. The van der Waals surface area contributed by atoms with E-state index in [1.807, 2.05) is 36.4 Å². The average molecular weight is 454 g/mol. The first-order chi connectivity index (χ1) is 16.6. The van der Waals surface area contributed by atoms with E-state index in [2.05, 4.69) is 39.6 Å². The molecule has 0 fully saturated rings. The minimum atomic E-state index is -0.457. The van der Waals surface area contributed by atoms with Crippen LogP contribution in [0, 0.1) is 10.1 Å². The van der Waals surface area contributed by atoms with Crippen molar-refractivity contribution in [3.63, 3.8) is 0 Å². The van der Waals surface area contributed by atoms with E-state index in [9.17, 15) is 14.9 Å². The average Bonchev–Trinajstić information content (AvgIpc) is 3.42. The zero-order valence-corrected chi connectivity index (χ0v) is 18.2. The van der Waals surface area contributed by atoms with Crippen LogP contribution in [0.4, 0.5) is 10.5 Å². The predicted molar refractivity (Wildman–Crippen MR) is 129 cm³/mol. The lowest BCUT2D eigenvalue weighted by atomic mass is 9.98. The molecule has 1 amide bonds. The Kier molecular flexibility index (Phi) is 5.78. The van der Waals surface area contributed by atoms with Gasteiger partial charge in [-0.3, -0.25) is 10.1 Å². The molecule has 1 aliphatic carbocycles. The van der Waals surface area contributed by atoms with Crippen LogP contribution in [0.15, 0.2) is 73.1 Å². The smallest absolute Gasteiger partial charge is 0.407 e. The first-order valence-corrected chi connectivity index (χ1v) is 11.0. The van der Waals surface area contributed by atoms with Gasteiger partial charge in [0.25, 0.3) is 5.69 Å². The molecule has 8 heteroatoms. The third-order valence-electron chi connectivity index (χ3n) is 5.96. The summed E-state index contributed by atoms with van der Waals surface area (Å²) >= 11 is 0. The summed E-state index contributed by atoms with van der Waals surface area (Å²) in [5, 5.41) is 14.3. The summed E-state index contributed by atoms with van der Waals surface area (Å²) in [4.78, 5) is 29.9. The Balaban J connectivity index is 1.13. The Morgan fingerprint density at radius 3 is 2.56 bits per heavy atom. The lowest BCUT2D eigenvalue weighted by molar-refractivity contribution is -0.383. The first kappa shape index (κ1) is 21.4. The molecule has 34 heavy (non-hydrogen) atoms. The number of alkyl carbamates (subject to hydrolysis) is 1. The lowest BCUT2D eigenvalue weighted by Gasteiger charge is -2.14. The molecule has 170 valence electrons. The van der Waals surface area contributed by atoms with E-state index in [1.54, 1.807) is 12.3 Å².